The molecule has 0 radical (unpaired) electrons. The lowest BCUT2D eigenvalue weighted by molar-refractivity contribution is -0.153. The Morgan fingerprint density at radius 3 is 1.92 bits per heavy atom. The lowest BCUT2D eigenvalue weighted by atomic mass is 9.91. The van der Waals surface area contributed by atoms with E-state index in [4.69, 9.17) is 4.74 Å². The number of amides is 6. The molecular weight excluding hydrogens is 961 g/mol. The number of carbonyl (C=O) groups is 6. The van der Waals surface area contributed by atoms with E-state index in [2.05, 4.69) is 41.8 Å². The first kappa shape index (κ1) is 51.6. The van der Waals surface area contributed by atoms with Gasteiger partial charge in [0.2, 0.25) is 35.4 Å². The first-order chi connectivity index (χ1) is 37.1. The fourth-order valence-electron chi connectivity index (χ4n) is 10.9. The van der Waals surface area contributed by atoms with Crippen LogP contribution in [-0.4, -0.2) is 144 Å². The maximum atomic E-state index is 15.7. The maximum absolute atomic E-state index is 15.7. The van der Waals surface area contributed by atoms with E-state index in [1.807, 2.05) is 133 Å². The van der Waals surface area contributed by atoms with Gasteiger partial charge < -0.3 is 51.4 Å². The van der Waals surface area contributed by atoms with Crippen molar-refractivity contribution in [1.29, 1.82) is 0 Å². The molecule has 6 amide bonds. The van der Waals surface area contributed by atoms with E-state index in [0.29, 0.717) is 51.5 Å². The topological polar surface area (TPSA) is 209 Å². The van der Waals surface area contributed by atoms with E-state index in [-0.39, 0.29) is 51.9 Å². The van der Waals surface area contributed by atoms with Crippen LogP contribution in [0.2, 0.25) is 0 Å². The number of aryl methyl sites for hydroxylation is 1. The quantitative estimate of drug-likeness (QED) is 0.0954. The molecule has 4 aliphatic rings. The number of benzene rings is 5. The van der Waals surface area contributed by atoms with Crippen LogP contribution in [0.5, 0.6) is 5.75 Å². The highest BCUT2D eigenvalue weighted by atomic mass is 16.5. The van der Waals surface area contributed by atoms with Gasteiger partial charge in [0, 0.05) is 95.3 Å². The van der Waals surface area contributed by atoms with Gasteiger partial charge in [-0.2, -0.15) is 0 Å². The standard InChI is InChI=1S/C59H66N10O7/c70-54-48(24-21-39-11-3-1-4-12-39)63-57(73)53-35-61-27-30-68(53)59(75)52-33-42-15-7-8-16-43(42)36-69(52)58(74)50(31-40-19-22-45(23-20-40)76-38-41-13-5-2-6-14-41)65-56(72)51(37-67-28-25-60-26-29-67)66-55(71)49(64-54)32-44-34-62-47-18-10-9-17-46(44)47/h1-20,22-23,34,48-53,60-62H,21,24-33,35-38H2,(H,63,73)(H,64,70)(H,65,72)(H,66,71)/t48-,49+,50-,51-,52-,53?/m0/s1. The van der Waals surface area contributed by atoms with Crippen molar-refractivity contribution in [2.24, 2.45) is 0 Å². The van der Waals surface area contributed by atoms with Gasteiger partial charge in [0.05, 0.1) is 0 Å². The first-order valence-corrected chi connectivity index (χ1v) is 26.5. The Balaban J connectivity index is 1.03. The van der Waals surface area contributed by atoms with Gasteiger partial charge in [0.25, 0.3) is 0 Å². The van der Waals surface area contributed by atoms with Crippen LogP contribution < -0.4 is 36.6 Å². The SMILES string of the molecule is O=C1N[C@@H](CCc2ccccc2)C(=O)N[C@H](Cc2c[nH]c3ccccc23)C(=O)N[C@@H](CN2CCNCC2)C(=O)N[C@@H](Cc2ccc(OCc3ccccc3)cc2)C(=O)N2Cc3ccccc3C[C@H]2C(=O)N2CCNCC12. The summed E-state index contributed by atoms with van der Waals surface area (Å²) >= 11 is 0. The highest BCUT2D eigenvalue weighted by molar-refractivity contribution is 5.99. The summed E-state index contributed by atoms with van der Waals surface area (Å²) in [4.78, 5) is 99.6. The molecule has 17 nitrogen and oxygen atoms in total. The molecule has 10 rings (SSSR count). The largest absolute Gasteiger partial charge is 0.489 e. The van der Waals surface area contributed by atoms with E-state index in [9.17, 15) is 9.59 Å². The van der Waals surface area contributed by atoms with E-state index >= 15 is 19.2 Å². The second-order valence-corrected chi connectivity index (χ2v) is 20.2. The molecule has 1 unspecified atom stereocenters. The zero-order valence-corrected chi connectivity index (χ0v) is 42.5. The number of fused-ring (bicyclic) bond motifs is 4. The third-order valence-electron chi connectivity index (χ3n) is 15.1. The molecule has 1 aromatic heterocycles. The molecule has 76 heavy (non-hydrogen) atoms. The summed E-state index contributed by atoms with van der Waals surface area (Å²) in [7, 11) is 0. The number of nitrogens with zero attached hydrogens (tertiary/aromatic N) is 3. The van der Waals surface area contributed by atoms with Crippen LogP contribution in [0, 0.1) is 0 Å². The molecule has 0 bridgehead atoms. The smallest absolute Gasteiger partial charge is 0.246 e. The van der Waals surface area contributed by atoms with Gasteiger partial charge in [-0.25, -0.2) is 0 Å². The summed E-state index contributed by atoms with van der Waals surface area (Å²) in [5.41, 5.74) is 6.03. The molecule has 3 saturated heterocycles. The van der Waals surface area contributed by atoms with E-state index in [1.54, 1.807) is 11.1 Å². The van der Waals surface area contributed by atoms with Crippen LogP contribution in [0.3, 0.4) is 0 Å². The Kier molecular flexibility index (Phi) is 16.4. The van der Waals surface area contributed by atoms with Crippen LogP contribution in [0.4, 0.5) is 0 Å². The third-order valence-corrected chi connectivity index (χ3v) is 15.1. The number of H-pyrrole nitrogens is 1. The van der Waals surface area contributed by atoms with Crippen LogP contribution in [0.1, 0.15) is 39.8 Å². The summed E-state index contributed by atoms with van der Waals surface area (Å²) in [6, 6.07) is 35.3. The molecule has 6 atom stereocenters. The van der Waals surface area contributed by atoms with Gasteiger partial charge in [-0.05, 0) is 64.4 Å². The Bertz CT molecular complexity index is 3000. The fraction of sp³-hybridized carbons (Fsp3) is 0.356. The predicted octanol–water partition coefficient (Wildman–Crippen LogP) is 2.78. The number of aromatic amines is 1. The number of ether oxygens (including phenoxy) is 1. The van der Waals surface area contributed by atoms with Crippen LogP contribution in [0.15, 0.2) is 140 Å². The number of rotatable bonds is 12. The van der Waals surface area contributed by atoms with Crippen LogP contribution in [-0.2, 0) is 67.6 Å². The number of hydrogen-bond acceptors (Lipinski definition) is 10. The molecule has 3 fully saturated rings. The number of carbonyl (C=O) groups excluding carboxylic acids is 6. The minimum Gasteiger partial charge on any atom is -0.489 e. The summed E-state index contributed by atoms with van der Waals surface area (Å²) < 4.78 is 6.10. The Labute approximate surface area is 442 Å². The molecule has 0 saturated carbocycles. The van der Waals surface area contributed by atoms with Crippen molar-refractivity contribution < 1.29 is 33.5 Å². The van der Waals surface area contributed by atoms with Crippen LogP contribution >= 0.6 is 0 Å². The zero-order chi connectivity index (χ0) is 52.4. The maximum Gasteiger partial charge on any atom is 0.246 e. The lowest BCUT2D eigenvalue weighted by Crippen LogP contribution is -2.67. The number of hydrogen-bond donors (Lipinski definition) is 7. The Hall–Kier alpha value is -7.86. The lowest BCUT2D eigenvalue weighted by Gasteiger charge is -2.43. The number of nitrogens with one attached hydrogen (secondary N) is 7. The van der Waals surface area contributed by atoms with Gasteiger partial charge >= 0.3 is 0 Å². The monoisotopic (exact) mass is 1030 g/mol. The fourth-order valence-corrected chi connectivity index (χ4v) is 10.9. The number of para-hydroxylation sites is 1. The molecule has 5 aromatic carbocycles. The van der Waals surface area contributed by atoms with Gasteiger partial charge in [0.15, 0.2) is 0 Å². The average molecular weight is 1030 g/mol. The molecule has 5 heterocycles. The predicted molar refractivity (Wildman–Crippen MR) is 288 cm³/mol. The van der Waals surface area contributed by atoms with Crippen LogP contribution in [0.25, 0.3) is 10.9 Å². The zero-order valence-electron chi connectivity index (χ0n) is 42.5. The summed E-state index contributed by atoms with van der Waals surface area (Å²) in [5.74, 6) is -2.62. The normalized spacial score (nSPS) is 23.2. The molecule has 6 aromatic rings. The minimum absolute atomic E-state index is 0.0409. The first-order valence-electron chi connectivity index (χ1n) is 26.5. The molecular formula is C59H66N10O7. The highest BCUT2D eigenvalue weighted by Gasteiger charge is 2.44. The summed E-state index contributed by atoms with van der Waals surface area (Å²) in [5, 5.41) is 19.7. The van der Waals surface area contributed by atoms with Gasteiger partial charge in [-0.3, -0.25) is 33.7 Å². The highest BCUT2D eigenvalue weighted by Crippen LogP contribution is 2.28. The van der Waals surface area contributed by atoms with E-state index in [0.717, 1.165) is 44.3 Å². The number of aromatic nitrogens is 1. The molecule has 0 aliphatic carbocycles. The van der Waals surface area contributed by atoms with Gasteiger partial charge in [-0.15, -0.1) is 0 Å². The third kappa shape index (κ3) is 12.4. The van der Waals surface area contributed by atoms with E-state index < -0.39 is 71.7 Å². The van der Waals surface area contributed by atoms with Crippen molar-refractivity contribution in [3.05, 3.63) is 173 Å². The van der Waals surface area contributed by atoms with E-state index in [1.165, 1.54) is 4.90 Å². The Morgan fingerprint density at radius 2 is 1.14 bits per heavy atom. The number of piperazine rings is 2. The molecule has 0 spiro atoms. The Morgan fingerprint density at radius 1 is 0.513 bits per heavy atom. The van der Waals surface area contributed by atoms with Crippen molar-refractivity contribution in [3.8, 4) is 5.75 Å². The minimum atomic E-state index is -1.22. The van der Waals surface area contributed by atoms with Crippen molar-refractivity contribution in [1.82, 2.24) is 51.6 Å². The van der Waals surface area contributed by atoms with Crippen molar-refractivity contribution in [2.75, 3.05) is 52.4 Å². The summed E-state index contributed by atoms with van der Waals surface area (Å²) in [6.45, 7) is 3.75. The average Bonchev–Trinajstić information content (AvgIpc) is 3.89. The molecule has 17 heteroatoms. The van der Waals surface area contributed by atoms with Crippen molar-refractivity contribution in [3.63, 3.8) is 0 Å². The molecule has 394 valence electrons. The van der Waals surface area contributed by atoms with Crippen molar-refractivity contribution in [2.45, 2.75) is 81.5 Å². The molecule has 4 aliphatic heterocycles. The second kappa shape index (κ2) is 24.2. The molecule has 7 N–H and O–H groups in total. The van der Waals surface area contributed by atoms with Gasteiger partial charge in [0.1, 0.15) is 48.6 Å². The second-order valence-electron chi connectivity index (χ2n) is 20.2. The van der Waals surface area contributed by atoms with Crippen molar-refractivity contribution >= 4 is 46.3 Å². The van der Waals surface area contributed by atoms with Gasteiger partial charge in [-0.1, -0.05) is 115 Å². The summed E-state index contributed by atoms with van der Waals surface area (Å²) in [6.07, 6.45) is 2.66.